The molecule has 0 N–H and O–H groups in total. The third-order valence-electron chi connectivity index (χ3n) is 8.85. The van der Waals surface area contributed by atoms with Gasteiger partial charge in [0, 0.05) is 11.0 Å². The summed E-state index contributed by atoms with van der Waals surface area (Å²) in [5.74, 6) is 0.922. The second-order valence-corrected chi connectivity index (χ2v) is 12.6. The maximum atomic E-state index is 13.6. The zero-order valence-corrected chi connectivity index (χ0v) is 29.5. The second-order valence-electron chi connectivity index (χ2n) is 12.6. The molecule has 0 bridgehead atoms. The van der Waals surface area contributed by atoms with E-state index in [4.69, 9.17) is 0 Å². The first-order valence-electron chi connectivity index (χ1n) is 17.3. The van der Waals surface area contributed by atoms with Crippen LogP contribution in [0.4, 0.5) is 0 Å². The normalized spacial score (nSPS) is 12.3. The molecule has 0 aromatic heterocycles. The van der Waals surface area contributed by atoms with E-state index in [1.807, 2.05) is 19.1 Å². The van der Waals surface area contributed by atoms with Gasteiger partial charge in [-0.05, 0) is 70.0 Å². The second kappa shape index (κ2) is 19.2. The molecule has 0 saturated carbocycles. The van der Waals surface area contributed by atoms with Gasteiger partial charge >= 0.3 is 0 Å². The van der Waals surface area contributed by atoms with Gasteiger partial charge in [-0.1, -0.05) is 187 Å². The zero-order valence-electron chi connectivity index (χ0n) is 29.5. The number of rotatable bonds is 8. The molecule has 0 spiro atoms. The van der Waals surface area contributed by atoms with Crippen LogP contribution in [-0.2, 0) is 6.42 Å². The third kappa shape index (κ3) is 10.5. The van der Waals surface area contributed by atoms with Gasteiger partial charge in [0.25, 0.3) is 0 Å². The van der Waals surface area contributed by atoms with Gasteiger partial charge in [-0.15, -0.1) is 6.58 Å². The number of allylic oxidation sites excluding steroid dienone is 1. The van der Waals surface area contributed by atoms with Crippen molar-refractivity contribution in [2.45, 2.75) is 73.6 Å². The minimum atomic E-state index is -0.275. The molecule has 0 aliphatic rings. The predicted octanol–water partition coefficient (Wildman–Crippen LogP) is 13.7. The van der Waals surface area contributed by atoms with Crippen molar-refractivity contribution in [2.75, 3.05) is 0 Å². The van der Waals surface area contributed by atoms with Crippen LogP contribution in [0.25, 0.3) is 32.3 Å². The number of hydrogen-bond donors (Lipinski definition) is 0. The zero-order chi connectivity index (χ0) is 34.1. The van der Waals surface area contributed by atoms with Crippen LogP contribution in [0.2, 0.25) is 0 Å². The van der Waals surface area contributed by atoms with Crippen molar-refractivity contribution in [2.24, 2.45) is 11.3 Å². The van der Waals surface area contributed by atoms with Crippen LogP contribution in [0.15, 0.2) is 146 Å². The lowest BCUT2D eigenvalue weighted by molar-refractivity contribution is 0.0767. The molecule has 1 heteroatoms. The summed E-state index contributed by atoms with van der Waals surface area (Å²) in [7, 11) is 0. The number of carbonyl (C=O) groups is 1. The lowest BCUT2D eigenvalue weighted by atomic mass is 9.71. The Hall–Kier alpha value is -4.49. The molecule has 6 aromatic rings. The lowest BCUT2D eigenvalue weighted by Gasteiger charge is -2.31. The molecule has 0 aliphatic carbocycles. The fraction of sp³-hybridized carbons (Fsp3) is 0.283. The molecule has 0 heterocycles. The summed E-state index contributed by atoms with van der Waals surface area (Å²) in [6, 6.07) is 46.0. The van der Waals surface area contributed by atoms with Gasteiger partial charge in [-0.2, -0.15) is 0 Å². The van der Waals surface area contributed by atoms with Crippen molar-refractivity contribution < 1.29 is 4.79 Å². The van der Waals surface area contributed by atoms with E-state index >= 15 is 0 Å². The molecule has 0 aliphatic heterocycles. The Balaban J connectivity index is 0.000000212. The summed E-state index contributed by atoms with van der Waals surface area (Å²) in [5.41, 5.74) is 1.87. The van der Waals surface area contributed by atoms with E-state index in [2.05, 4.69) is 163 Å². The quantitative estimate of drug-likeness (QED) is 0.122. The third-order valence-corrected chi connectivity index (χ3v) is 8.85. The summed E-state index contributed by atoms with van der Waals surface area (Å²) < 4.78 is 0. The van der Waals surface area contributed by atoms with Crippen LogP contribution in [0.3, 0.4) is 0 Å². The maximum absolute atomic E-state index is 13.6. The van der Waals surface area contributed by atoms with E-state index < -0.39 is 0 Å². The fourth-order valence-electron chi connectivity index (χ4n) is 6.21. The van der Waals surface area contributed by atoms with Crippen LogP contribution in [0, 0.1) is 11.3 Å². The Labute approximate surface area is 284 Å². The van der Waals surface area contributed by atoms with Gasteiger partial charge in [-0.3, -0.25) is 4.79 Å². The number of ketones is 1. The molecule has 0 fully saturated rings. The fourth-order valence-corrected chi connectivity index (χ4v) is 6.21. The molecule has 1 nitrogen and oxygen atoms in total. The molecule has 0 amide bonds. The maximum Gasteiger partial charge on any atom is 0.169 e. The van der Waals surface area contributed by atoms with Crippen molar-refractivity contribution in [3.05, 3.63) is 157 Å². The first-order valence-corrected chi connectivity index (χ1v) is 17.3. The van der Waals surface area contributed by atoms with Crippen LogP contribution in [-0.4, -0.2) is 5.78 Å². The highest BCUT2D eigenvalue weighted by Crippen LogP contribution is 2.38. The van der Waals surface area contributed by atoms with E-state index in [-0.39, 0.29) is 5.41 Å². The molecule has 244 valence electrons. The van der Waals surface area contributed by atoms with Gasteiger partial charge in [0.1, 0.15) is 0 Å². The number of carbonyl (C=O) groups excluding carboxylic acids is 1. The molecule has 6 rings (SSSR count). The SMILES string of the molecule is C=CC.CCCC(C)CC(C)(CC)C(=O)c1c(CC)ccc2ccccc12.c1ccc2ccccc2c1.c1ccc2ccccc2c1. The minimum Gasteiger partial charge on any atom is -0.294 e. The molecule has 2 atom stereocenters. The molecule has 0 radical (unpaired) electrons. The predicted molar refractivity (Wildman–Crippen MR) is 209 cm³/mol. The van der Waals surface area contributed by atoms with E-state index in [0.717, 1.165) is 35.6 Å². The van der Waals surface area contributed by atoms with Crippen LogP contribution in [0.1, 0.15) is 83.1 Å². The van der Waals surface area contributed by atoms with E-state index in [1.165, 1.54) is 39.9 Å². The monoisotopic (exact) mass is 622 g/mol. The number of benzene rings is 6. The summed E-state index contributed by atoms with van der Waals surface area (Å²) in [4.78, 5) is 13.6. The van der Waals surface area contributed by atoms with Crippen LogP contribution < -0.4 is 0 Å². The minimum absolute atomic E-state index is 0.275. The summed E-state index contributed by atoms with van der Waals surface area (Å²) in [6.45, 7) is 16.2. The Morgan fingerprint density at radius 1 is 0.660 bits per heavy atom. The highest BCUT2D eigenvalue weighted by Gasteiger charge is 2.35. The van der Waals surface area contributed by atoms with E-state index in [1.54, 1.807) is 6.08 Å². The molecule has 2 unspecified atom stereocenters. The molecule has 47 heavy (non-hydrogen) atoms. The highest BCUT2D eigenvalue weighted by atomic mass is 16.1. The largest absolute Gasteiger partial charge is 0.294 e. The Bertz CT molecular complexity index is 1630. The van der Waals surface area contributed by atoms with Crippen LogP contribution in [0.5, 0.6) is 0 Å². The van der Waals surface area contributed by atoms with Gasteiger partial charge in [0.05, 0.1) is 0 Å². The standard InChI is InChI=1S/C23H32O.2C10H8.C3H6/c1-6-11-17(4)16-23(5,8-3)22(24)21-18(7-2)14-15-19-12-9-10-13-20(19)21;2*1-2-6-10-8-4-3-7-9(10)5-1;1-3-2/h9-10,12-15,17H,6-8,11,16H2,1-5H3;2*1-8H;3H,1H2,2H3. The van der Waals surface area contributed by atoms with Crippen molar-refractivity contribution in [3.8, 4) is 0 Å². The average molecular weight is 623 g/mol. The first kappa shape index (κ1) is 37.0. The molecular formula is C46H54O. The Kier molecular flexibility index (Phi) is 15.1. The van der Waals surface area contributed by atoms with E-state index in [0.29, 0.717) is 11.7 Å². The summed E-state index contributed by atoms with van der Waals surface area (Å²) in [6.07, 6.45) is 6.90. The van der Waals surface area contributed by atoms with Gasteiger partial charge < -0.3 is 0 Å². The Morgan fingerprint density at radius 2 is 1.04 bits per heavy atom. The van der Waals surface area contributed by atoms with Gasteiger partial charge in [0.15, 0.2) is 5.78 Å². The topological polar surface area (TPSA) is 17.1 Å². The molecule has 0 saturated heterocycles. The molecular weight excluding hydrogens is 569 g/mol. The Morgan fingerprint density at radius 3 is 1.40 bits per heavy atom. The number of Topliss-reactive ketones (excluding diaryl/α,β-unsaturated/α-hetero) is 1. The molecule has 6 aromatic carbocycles. The van der Waals surface area contributed by atoms with Gasteiger partial charge in [0.2, 0.25) is 0 Å². The summed E-state index contributed by atoms with van der Waals surface area (Å²) in [5, 5.41) is 7.52. The van der Waals surface area contributed by atoms with Crippen molar-refractivity contribution >= 4 is 38.1 Å². The number of hydrogen-bond acceptors (Lipinski definition) is 1. The van der Waals surface area contributed by atoms with Crippen molar-refractivity contribution in [1.82, 2.24) is 0 Å². The van der Waals surface area contributed by atoms with E-state index in [9.17, 15) is 4.79 Å². The highest BCUT2D eigenvalue weighted by molar-refractivity contribution is 6.11. The van der Waals surface area contributed by atoms with Crippen molar-refractivity contribution in [3.63, 3.8) is 0 Å². The smallest absolute Gasteiger partial charge is 0.169 e. The number of aryl methyl sites for hydroxylation is 1. The first-order chi connectivity index (χ1) is 22.8. The summed E-state index contributed by atoms with van der Waals surface area (Å²) >= 11 is 0. The lowest BCUT2D eigenvalue weighted by Crippen LogP contribution is -2.30. The van der Waals surface area contributed by atoms with Crippen molar-refractivity contribution in [1.29, 1.82) is 0 Å². The van der Waals surface area contributed by atoms with Gasteiger partial charge in [-0.25, -0.2) is 0 Å². The number of fused-ring (bicyclic) bond motifs is 3. The van der Waals surface area contributed by atoms with Crippen LogP contribution >= 0.6 is 0 Å². The average Bonchev–Trinajstić information content (AvgIpc) is 3.12.